The Hall–Kier alpha value is -2.42. The molecule has 2 aromatic carbocycles. The molecule has 3 N–H and O–H groups in total. The molecule has 9 heteroatoms. The Morgan fingerprint density at radius 1 is 1.00 bits per heavy atom. The van der Waals surface area contributed by atoms with Crippen molar-refractivity contribution in [3.8, 4) is 0 Å². The van der Waals surface area contributed by atoms with Gasteiger partial charge in [-0.2, -0.15) is 0 Å². The number of nitrogens with one attached hydrogen (secondary N) is 3. The second-order valence-electron chi connectivity index (χ2n) is 6.18. The average Bonchev–Trinajstić information content (AvgIpc) is 2.65. The van der Waals surface area contributed by atoms with Crippen molar-refractivity contribution >= 4 is 33.4 Å². The number of amides is 2. The summed E-state index contributed by atoms with van der Waals surface area (Å²) in [5.74, 6) is -0.900. The maximum absolute atomic E-state index is 12.4. The zero-order chi connectivity index (χ0) is 20.7. The van der Waals surface area contributed by atoms with Gasteiger partial charge in [0, 0.05) is 13.1 Å². The first-order valence-electron chi connectivity index (χ1n) is 8.57. The van der Waals surface area contributed by atoms with Gasteiger partial charge in [0.2, 0.25) is 15.9 Å². The lowest BCUT2D eigenvalue weighted by molar-refractivity contribution is -0.120. The number of halogens is 1. The molecule has 28 heavy (non-hydrogen) atoms. The van der Waals surface area contributed by atoms with E-state index in [9.17, 15) is 18.0 Å². The highest BCUT2D eigenvalue weighted by molar-refractivity contribution is 7.89. The molecule has 0 atom stereocenters. The van der Waals surface area contributed by atoms with Crippen LogP contribution in [0.5, 0.6) is 0 Å². The monoisotopic (exact) mass is 423 g/mol. The molecule has 0 aliphatic carbocycles. The van der Waals surface area contributed by atoms with Crippen LogP contribution in [0, 0.1) is 13.8 Å². The van der Waals surface area contributed by atoms with Crippen LogP contribution in [0.1, 0.15) is 21.5 Å². The second-order valence-corrected chi connectivity index (χ2v) is 8.32. The van der Waals surface area contributed by atoms with Gasteiger partial charge in [-0.3, -0.25) is 9.59 Å². The van der Waals surface area contributed by atoms with Crippen molar-refractivity contribution in [1.29, 1.82) is 0 Å². The summed E-state index contributed by atoms with van der Waals surface area (Å²) in [6.07, 6.45) is 0. The number of benzene rings is 2. The molecule has 2 aromatic rings. The minimum atomic E-state index is -3.66. The van der Waals surface area contributed by atoms with Crippen LogP contribution in [0.15, 0.2) is 47.4 Å². The summed E-state index contributed by atoms with van der Waals surface area (Å²) in [7, 11) is -3.66. The van der Waals surface area contributed by atoms with Crippen LogP contribution in [-0.4, -0.2) is 39.9 Å². The van der Waals surface area contributed by atoms with E-state index >= 15 is 0 Å². The Kier molecular flexibility index (Phi) is 7.56. The van der Waals surface area contributed by atoms with E-state index in [0.29, 0.717) is 10.6 Å². The fourth-order valence-electron chi connectivity index (χ4n) is 2.43. The Balaban J connectivity index is 1.77. The fraction of sp³-hybridized carbons (Fsp3) is 0.263. The summed E-state index contributed by atoms with van der Waals surface area (Å²) in [5, 5.41) is 5.30. The zero-order valence-electron chi connectivity index (χ0n) is 15.6. The number of hydrogen-bond acceptors (Lipinski definition) is 4. The number of rotatable bonds is 8. The summed E-state index contributed by atoms with van der Waals surface area (Å²) in [4.78, 5) is 24.0. The highest BCUT2D eigenvalue weighted by Gasteiger charge is 2.16. The van der Waals surface area contributed by atoms with Gasteiger partial charge in [0.25, 0.3) is 5.91 Å². The van der Waals surface area contributed by atoms with Crippen LogP contribution >= 0.6 is 11.6 Å². The summed E-state index contributed by atoms with van der Waals surface area (Å²) in [6.45, 7) is 3.41. The first-order valence-corrected chi connectivity index (χ1v) is 10.4. The van der Waals surface area contributed by atoms with Crippen LogP contribution in [0.3, 0.4) is 0 Å². The van der Waals surface area contributed by atoms with E-state index in [1.54, 1.807) is 43.3 Å². The first kappa shape index (κ1) is 21.9. The van der Waals surface area contributed by atoms with Crippen LogP contribution in [0.2, 0.25) is 5.02 Å². The van der Waals surface area contributed by atoms with Gasteiger partial charge in [-0.25, -0.2) is 13.1 Å². The van der Waals surface area contributed by atoms with Gasteiger partial charge in [-0.15, -0.1) is 0 Å². The standard InChI is InChI=1S/C19H22ClN3O4S/c1-13-7-8-14(2)17(11-13)28(26,27)23-10-9-21-18(24)12-22-19(25)15-5-3-4-6-16(15)20/h3-8,11,23H,9-10,12H2,1-2H3,(H,21,24)(H,22,25). The highest BCUT2D eigenvalue weighted by atomic mass is 35.5. The molecule has 0 unspecified atom stereocenters. The molecule has 0 aromatic heterocycles. The Morgan fingerprint density at radius 3 is 2.43 bits per heavy atom. The van der Waals surface area contributed by atoms with Crippen LogP contribution in [-0.2, 0) is 14.8 Å². The molecule has 0 spiro atoms. The van der Waals surface area contributed by atoms with Gasteiger partial charge in [0.1, 0.15) is 0 Å². The van der Waals surface area contributed by atoms with Gasteiger partial charge in [-0.1, -0.05) is 35.9 Å². The third-order valence-electron chi connectivity index (χ3n) is 3.90. The number of carbonyl (C=O) groups excluding carboxylic acids is 2. The van der Waals surface area contributed by atoms with E-state index in [1.807, 2.05) is 13.0 Å². The molecule has 0 aliphatic rings. The van der Waals surface area contributed by atoms with Gasteiger partial charge in [0.15, 0.2) is 0 Å². The molecule has 0 saturated carbocycles. The molecular weight excluding hydrogens is 402 g/mol. The number of carbonyl (C=O) groups is 2. The lowest BCUT2D eigenvalue weighted by Gasteiger charge is -2.11. The van der Waals surface area contributed by atoms with Crippen molar-refractivity contribution in [3.05, 3.63) is 64.2 Å². The average molecular weight is 424 g/mol. The minimum absolute atomic E-state index is 0.0277. The van der Waals surface area contributed by atoms with Crippen molar-refractivity contribution in [3.63, 3.8) is 0 Å². The summed E-state index contributed by atoms with van der Waals surface area (Å²) in [5.41, 5.74) is 1.76. The smallest absolute Gasteiger partial charge is 0.253 e. The van der Waals surface area contributed by atoms with Gasteiger partial charge < -0.3 is 10.6 Å². The predicted octanol–water partition coefficient (Wildman–Crippen LogP) is 1.78. The molecule has 0 fully saturated rings. The van der Waals surface area contributed by atoms with E-state index in [4.69, 9.17) is 11.6 Å². The normalized spacial score (nSPS) is 11.1. The molecule has 0 radical (unpaired) electrons. The SMILES string of the molecule is Cc1ccc(C)c(S(=O)(=O)NCCNC(=O)CNC(=O)c2ccccc2Cl)c1. The van der Waals surface area contributed by atoms with Crippen molar-refractivity contribution < 1.29 is 18.0 Å². The van der Waals surface area contributed by atoms with Crippen LogP contribution in [0.25, 0.3) is 0 Å². The van der Waals surface area contributed by atoms with Crippen molar-refractivity contribution in [2.24, 2.45) is 0 Å². The molecule has 2 rings (SSSR count). The summed E-state index contributed by atoms with van der Waals surface area (Å²) in [6, 6.07) is 11.7. The lowest BCUT2D eigenvalue weighted by atomic mass is 10.2. The quantitative estimate of drug-likeness (QED) is 0.563. The third-order valence-corrected chi connectivity index (χ3v) is 5.83. The Morgan fingerprint density at radius 2 is 1.71 bits per heavy atom. The summed E-state index contributed by atoms with van der Waals surface area (Å²) >= 11 is 5.92. The van der Waals surface area contributed by atoms with Gasteiger partial charge in [-0.05, 0) is 43.2 Å². The second kappa shape index (κ2) is 9.68. The third kappa shape index (κ3) is 6.05. The summed E-state index contributed by atoms with van der Waals surface area (Å²) < 4.78 is 27.2. The van der Waals surface area contributed by atoms with Gasteiger partial charge in [0.05, 0.1) is 22.0 Å². The molecule has 0 saturated heterocycles. The van der Waals surface area contributed by atoms with E-state index in [-0.39, 0.29) is 30.1 Å². The van der Waals surface area contributed by atoms with E-state index in [2.05, 4.69) is 15.4 Å². The lowest BCUT2D eigenvalue weighted by Crippen LogP contribution is -2.40. The Labute approximate surface area is 169 Å². The number of aryl methyl sites for hydroxylation is 2. The minimum Gasteiger partial charge on any atom is -0.353 e. The van der Waals surface area contributed by atoms with Crippen molar-refractivity contribution in [2.75, 3.05) is 19.6 Å². The number of sulfonamides is 1. The largest absolute Gasteiger partial charge is 0.353 e. The van der Waals surface area contributed by atoms with Crippen LogP contribution in [0.4, 0.5) is 0 Å². The molecule has 0 bridgehead atoms. The van der Waals surface area contributed by atoms with Crippen LogP contribution < -0.4 is 15.4 Å². The molecule has 0 aliphatic heterocycles. The molecule has 7 nitrogen and oxygen atoms in total. The maximum atomic E-state index is 12.4. The first-order chi connectivity index (χ1) is 13.2. The predicted molar refractivity (Wildman–Crippen MR) is 108 cm³/mol. The zero-order valence-corrected chi connectivity index (χ0v) is 17.2. The molecule has 2 amide bonds. The fourth-order valence-corrected chi connectivity index (χ4v) is 4.01. The topological polar surface area (TPSA) is 104 Å². The molecule has 150 valence electrons. The van der Waals surface area contributed by atoms with Crippen molar-refractivity contribution in [1.82, 2.24) is 15.4 Å². The van der Waals surface area contributed by atoms with Gasteiger partial charge >= 0.3 is 0 Å². The van der Waals surface area contributed by atoms with Crippen molar-refractivity contribution in [2.45, 2.75) is 18.7 Å². The maximum Gasteiger partial charge on any atom is 0.253 e. The Bertz CT molecular complexity index is 977. The van der Waals surface area contributed by atoms with E-state index in [0.717, 1.165) is 5.56 Å². The highest BCUT2D eigenvalue weighted by Crippen LogP contribution is 2.16. The molecular formula is C19H22ClN3O4S. The number of hydrogen-bond donors (Lipinski definition) is 3. The van der Waals surface area contributed by atoms with E-state index in [1.165, 1.54) is 0 Å². The molecule has 0 heterocycles. The van der Waals surface area contributed by atoms with E-state index < -0.39 is 21.8 Å².